The van der Waals surface area contributed by atoms with Crippen molar-refractivity contribution in [3.05, 3.63) is 59.1 Å². The Morgan fingerprint density at radius 1 is 1.07 bits per heavy atom. The first kappa shape index (κ1) is 22.7. The van der Waals surface area contributed by atoms with Crippen LogP contribution in [0.4, 0.5) is 11.4 Å². The van der Waals surface area contributed by atoms with Crippen molar-refractivity contribution in [2.45, 2.75) is 26.3 Å². The lowest BCUT2D eigenvalue weighted by Gasteiger charge is -2.20. The first-order chi connectivity index (χ1) is 13.5. The zero-order valence-corrected chi connectivity index (χ0v) is 17.5. The van der Waals surface area contributed by atoms with Gasteiger partial charge in [0.05, 0.1) is 5.69 Å². The Balaban J connectivity index is 2.13. The molecule has 0 aliphatic heterocycles. The fourth-order valence-electron chi connectivity index (χ4n) is 2.60. The van der Waals surface area contributed by atoms with Crippen molar-refractivity contribution in [2.24, 2.45) is 11.1 Å². The number of anilines is 2. The highest BCUT2D eigenvalue weighted by atomic mass is 35.5. The van der Waals surface area contributed by atoms with E-state index in [0.717, 1.165) is 0 Å². The molecule has 2 amide bonds. The number of hydrogen-bond donors (Lipinski definition) is 4. The first-order valence-electron chi connectivity index (χ1n) is 8.81. The minimum absolute atomic E-state index is 0.145. The number of carbonyl (C=O) groups excluding carboxylic acids is 2. The van der Waals surface area contributed by atoms with Gasteiger partial charge in [0.25, 0.3) is 16.1 Å². The maximum absolute atomic E-state index is 12.8. The number of hydrogen-bond acceptors (Lipinski definition) is 4. The number of amides is 2. The minimum Gasteiger partial charge on any atom is -0.340 e. The summed E-state index contributed by atoms with van der Waals surface area (Å²) >= 11 is 5.84. The molecule has 0 heterocycles. The van der Waals surface area contributed by atoms with Crippen LogP contribution in [-0.4, -0.2) is 26.3 Å². The normalized spacial score (nSPS) is 12.3. The van der Waals surface area contributed by atoms with Gasteiger partial charge in [0.2, 0.25) is 5.91 Å². The molecule has 0 aliphatic carbocycles. The van der Waals surface area contributed by atoms with E-state index in [1.807, 2.05) is 13.8 Å². The lowest BCUT2D eigenvalue weighted by Crippen LogP contribution is -2.44. The third-order valence-electron chi connectivity index (χ3n) is 3.83. The highest BCUT2D eigenvalue weighted by molar-refractivity contribution is 7.90. The van der Waals surface area contributed by atoms with Crippen molar-refractivity contribution in [3.63, 3.8) is 0 Å². The third kappa shape index (κ3) is 7.72. The Kier molecular flexibility index (Phi) is 7.60. The summed E-state index contributed by atoms with van der Waals surface area (Å²) in [6, 6.07) is 11.6. The molecule has 156 valence electrons. The van der Waals surface area contributed by atoms with Crippen LogP contribution in [0.3, 0.4) is 0 Å². The standard InChI is InChI=1S/C19H23ClN4O4S/c1-12(2)10-17(23-18(25)13-6-8-14(20)9-7-13)19(26)22-15-4-3-5-16(11-15)24-29(21,27)28/h3-9,11-12,17,24H,10H2,1-2H3,(H,22,26)(H,23,25)(H2,21,27,28). The predicted octanol–water partition coefficient (Wildman–Crippen LogP) is 2.74. The molecular formula is C19H23ClN4O4S. The second kappa shape index (κ2) is 9.73. The largest absolute Gasteiger partial charge is 0.340 e. The van der Waals surface area contributed by atoms with Crippen LogP contribution in [0.2, 0.25) is 5.02 Å². The van der Waals surface area contributed by atoms with Gasteiger partial charge in [-0.05, 0) is 54.8 Å². The SMILES string of the molecule is CC(C)CC(NC(=O)c1ccc(Cl)cc1)C(=O)Nc1cccc(NS(N)(=O)=O)c1. The van der Waals surface area contributed by atoms with Crippen molar-refractivity contribution < 1.29 is 18.0 Å². The molecule has 2 aromatic carbocycles. The Hall–Kier alpha value is -2.62. The summed E-state index contributed by atoms with van der Waals surface area (Å²) in [5.74, 6) is -0.674. The van der Waals surface area contributed by atoms with Crippen molar-refractivity contribution in [3.8, 4) is 0 Å². The molecule has 2 aromatic rings. The third-order valence-corrected chi connectivity index (χ3v) is 4.60. The average Bonchev–Trinajstić information content (AvgIpc) is 2.60. The van der Waals surface area contributed by atoms with Crippen LogP contribution in [0.5, 0.6) is 0 Å². The molecule has 29 heavy (non-hydrogen) atoms. The number of rotatable bonds is 8. The minimum atomic E-state index is -3.93. The van der Waals surface area contributed by atoms with Gasteiger partial charge in [-0.25, -0.2) is 5.14 Å². The van der Waals surface area contributed by atoms with Gasteiger partial charge >= 0.3 is 0 Å². The molecule has 0 aromatic heterocycles. The number of halogens is 1. The van der Waals surface area contributed by atoms with E-state index < -0.39 is 28.1 Å². The molecular weight excluding hydrogens is 416 g/mol. The summed E-state index contributed by atoms with van der Waals surface area (Å²) in [5.41, 5.74) is 0.948. The van der Waals surface area contributed by atoms with E-state index in [2.05, 4.69) is 15.4 Å². The van der Waals surface area contributed by atoms with Crippen LogP contribution in [0.15, 0.2) is 48.5 Å². The molecule has 0 saturated carbocycles. The van der Waals surface area contributed by atoms with Gasteiger partial charge in [0, 0.05) is 16.3 Å². The Bertz CT molecular complexity index is 978. The lowest BCUT2D eigenvalue weighted by molar-refractivity contribution is -0.118. The van der Waals surface area contributed by atoms with E-state index >= 15 is 0 Å². The number of nitrogens with two attached hydrogens (primary N) is 1. The van der Waals surface area contributed by atoms with Gasteiger partial charge in [-0.3, -0.25) is 14.3 Å². The topological polar surface area (TPSA) is 130 Å². The Morgan fingerprint density at radius 2 is 1.69 bits per heavy atom. The zero-order valence-electron chi connectivity index (χ0n) is 16.0. The quantitative estimate of drug-likeness (QED) is 0.504. The number of nitrogens with one attached hydrogen (secondary N) is 3. The van der Waals surface area contributed by atoms with Crippen molar-refractivity contribution in [1.29, 1.82) is 0 Å². The molecule has 8 nitrogen and oxygen atoms in total. The average molecular weight is 439 g/mol. The lowest BCUT2D eigenvalue weighted by atomic mass is 10.0. The fourth-order valence-corrected chi connectivity index (χ4v) is 3.18. The molecule has 0 aliphatic rings. The summed E-state index contributed by atoms with van der Waals surface area (Å²) in [7, 11) is -3.93. The highest BCUT2D eigenvalue weighted by Gasteiger charge is 2.23. The van der Waals surface area contributed by atoms with Crippen LogP contribution >= 0.6 is 11.6 Å². The van der Waals surface area contributed by atoms with Gasteiger partial charge in [0.15, 0.2) is 0 Å². The molecule has 2 rings (SSSR count). The molecule has 0 bridgehead atoms. The number of carbonyl (C=O) groups is 2. The van der Waals surface area contributed by atoms with E-state index in [1.54, 1.807) is 36.4 Å². The maximum atomic E-state index is 12.8. The van der Waals surface area contributed by atoms with Crippen LogP contribution in [0, 0.1) is 5.92 Å². The predicted molar refractivity (Wildman–Crippen MR) is 114 cm³/mol. The van der Waals surface area contributed by atoms with Crippen LogP contribution < -0.4 is 20.5 Å². The van der Waals surface area contributed by atoms with Gasteiger partial charge in [-0.1, -0.05) is 31.5 Å². The van der Waals surface area contributed by atoms with Crippen LogP contribution in [0.1, 0.15) is 30.6 Å². The number of benzene rings is 2. The molecule has 1 unspecified atom stereocenters. The fraction of sp³-hybridized carbons (Fsp3) is 0.263. The summed E-state index contributed by atoms with van der Waals surface area (Å²) in [5, 5.41) is 10.9. The molecule has 1 atom stereocenters. The van der Waals surface area contributed by atoms with E-state index in [9.17, 15) is 18.0 Å². The monoisotopic (exact) mass is 438 g/mol. The Morgan fingerprint density at radius 3 is 2.28 bits per heavy atom. The Labute approximate surface area is 175 Å². The van der Waals surface area contributed by atoms with Crippen LogP contribution in [-0.2, 0) is 15.0 Å². The molecule has 0 saturated heterocycles. The summed E-state index contributed by atoms with van der Waals surface area (Å²) in [6.07, 6.45) is 0.417. The second-order valence-corrected chi connectivity index (χ2v) is 8.61. The highest BCUT2D eigenvalue weighted by Crippen LogP contribution is 2.17. The van der Waals surface area contributed by atoms with E-state index in [4.69, 9.17) is 16.7 Å². The van der Waals surface area contributed by atoms with Gasteiger partial charge in [-0.2, -0.15) is 8.42 Å². The summed E-state index contributed by atoms with van der Waals surface area (Å²) in [4.78, 5) is 25.2. The smallest absolute Gasteiger partial charge is 0.296 e. The van der Waals surface area contributed by atoms with E-state index in [0.29, 0.717) is 22.7 Å². The van der Waals surface area contributed by atoms with Crippen molar-refractivity contribution >= 4 is 45.0 Å². The second-order valence-electron chi connectivity index (χ2n) is 6.88. The molecule has 0 fully saturated rings. The van der Waals surface area contributed by atoms with Crippen molar-refractivity contribution in [2.75, 3.05) is 10.0 Å². The summed E-state index contributed by atoms with van der Waals surface area (Å²) < 4.78 is 24.5. The molecule has 5 N–H and O–H groups in total. The zero-order chi connectivity index (χ0) is 21.6. The van der Waals surface area contributed by atoms with Gasteiger partial charge < -0.3 is 10.6 Å². The van der Waals surface area contributed by atoms with Gasteiger partial charge in [-0.15, -0.1) is 0 Å². The molecule has 10 heteroatoms. The maximum Gasteiger partial charge on any atom is 0.296 e. The van der Waals surface area contributed by atoms with E-state index in [-0.39, 0.29) is 11.6 Å². The first-order valence-corrected chi connectivity index (χ1v) is 10.7. The van der Waals surface area contributed by atoms with Gasteiger partial charge in [0.1, 0.15) is 6.04 Å². The molecule has 0 radical (unpaired) electrons. The van der Waals surface area contributed by atoms with Crippen molar-refractivity contribution in [1.82, 2.24) is 5.32 Å². The van der Waals surface area contributed by atoms with Crippen LogP contribution in [0.25, 0.3) is 0 Å². The molecule has 0 spiro atoms. The van der Waals surface area contributed by atoms with E-state index in [1.165, 1.54) is 12.1 Å². The summed E-state index contributed by atoms with van der Waals surface area (Å²) in [6.45, 7) is 3.87.